The molecule has 3 N–H and O–H groups in total. The summed E-state index contributed by atoms with van der Waals surface area (Å²) in [7, 11) is 0. The molecule has 2 aliphatic rings. The van der Waals surface area contributed by atoms with Gasteiger partial charge < -0.3 is 16.0 Å². The van der Waals surface area contributed by atoms with Crippen molar-refractivity contribution in [2.45, 2.75) is 26.4 Å². The fraction of sp³-hybridized carbons (Fsp3) is 0.471. The van der Waals surface area contributed by atoms with Gasteiger partial charge in [-0.2, -0.15) is 0 Å². The third-order valence-electron chi connectivity index (χ3n) is 4.09. The van der Waals surface area contributed by atoms with E-state index in [1.807, 2.05) is 11.8 Å². The summed E-state index contributed by atoms with van der Waals surface area (Å²) in [6.07, 6.45) is 3.43. The molecule has 0 radical (unpaired) electrons. The van der Waals surface area contributed by atoms with Crippen LogP contribution in [0, 0.1) is 5.92 Å². The van der Waals surface area contributed by atoms with Gasteiger partial charge in [0.1, 0.15) is 6.17 Å². The van der Waals surface area contributed by atoms with Crippen LogP contribution in [0.4, 0.5) is 11.4 Å². The molecule has 2 aliphatic heterocycles. The van der Waals surface area contributed by atoms with Crippen LogP contribution in [0.5, 0.6) is 0 Å². The van der Waals surface area contributed by atoms with Crippen LogP contribution in [-0.2, 0) is 0 Å². The molecule has 1 unspecified atom stereocenters. The van der Waals surface area contributed by atoms with E-state index >= 15 is 0 Å². The summed E-state index contributed by atoms with van der Waals surface area (Å²) in [5.74, 6) is 1.55. The SMILES string of the molecule is C/C=C1/CSC(CCNCC(C)C2Nc3ccccc3N2)=N1. The number of para-hydroxylation sites is 2. The molecule has 118 valence electrons. The molecular weight excluding hydrogens is 292 g/mol. The molecule has 0 spiro atoms. The molecule has 0 aliphatic carbocycles. The summed E-state index contributed by atoms with van der Waals surface area (Å²) >= 11 is 1.87. The monoisotopic (exact) mass is 316 g/mol. The second kappa shape index (κ2) is 7.20. The molecule has 2 heterocycles. The second-order valence-electron chi connectivity index (χ2n) is 5.82. The topological polar surface area (TPSA) is 48.4 Å². The van der Waals surface area contributed by atoms with Gasteiger partial charge in [0.2, 0.25) is 0 Å². The maximum absolute atomic E-state index is 4.60. The Balaban J connectivity index is 1.38. The Morgan fingerprint density at radius 2 is 2.09 bits per heavy atom. The molecule has 0 bridgehead atoms. The Labute approximate surface area is 136 Å². The van der Waals surface area contributed by atoms with Crippen LogP contribution in [0.15, 0.2) is 41.0 Å². The van der Waals surface area contributed by atoms with Crippen LogP contribution in [0.2, 0.25) is 0 Å². The van der Waals surface area contributed by atoms with Crippen LogP contribution >= 0.6 is 11.8 Å². The van der Waals surface area contributed by atoms with Crippen LogP contribution in [0.1, 0.15) is 20.3 Å². The number of thioether (sulfide) groups is 1. The first-order valence-corrected chi connectivity index (χ1v) is 8.93. The normalized spacial score (nSPS) is 20.5. The van der Waals surface area contributed by atoms with E-state index in [-0.39, 0.29) is 0 Å². The Kier molecular flexibility index (Phi) is 5.05. The van der Waals surface area contributed by atoms with Crippen molar-refractivity contribution in [2.24, 2.45) is 10.9 Å². The molecule has 0 saturated heterocycles. The minimum atomic E-state index is 0.303. The number of aliphatic imine (C=N–C) groups is 1. The minimum Gasteiger partial charge on any atom is -0.363 e. The van der Waals surface area contributed by atoms with Crippen molar-refractivity contribution in [1.82, 2.24) is 5.32 Å². The van der Waals surface area contributed by atoms with Crippen LogP contribution in [-0.4, -0.2) is 30.1 Å². The lowest BCUT2D eigenvalue weighted by atomic mass is 10.1. The molecule has 3 rings (SSSR count). The van der Waals surface area contributed by atoms with Gasteiger partial charge in [-0.1, -0.05) is 25.1 Å². The van der Waals surface area contributed by atoms with Crippen molar-refractivity contribution in [3.8, 4) is 0 Å². The van der Waals surface area contributed by atoms with Crippen molar-refractivity contribution in [2.75, 3.05) is 29.5 Å². The van der Waals surface area contributed by atoms with Crippen molar-refractivity contribution >= 4 is 28.2 Å². The summed E-state index contributed by atoms with van der Waals surface area (Å²) in [5.41, 5.74) is 3.62. The van der Waals surface area contributed by atoms with Gasteiger partial charge in [0.05, 0.1) is 16.4 Å². The molecule has 1 aromatic carbocycles. The lowest BCUT2D eigenvalue weighted by Crippen LogP contribution is -2.37. The third kappa shape index (κ3) is 3.65. The van der Waals surface area contributed by atoms with Crippen molar-refractivity contribution in [3.63, 3.8) is 0 Å². The number of hydrogen-bond donors (Lipinski definition) is 3. The highest BCUT2D eigenvalue weighted by Gasteiger charge is 2.23. The fourth-order valence-electron chi connectivity index (χ4n) is 2.69. The van der Waals surface area contributed by atoms with E-state index in [0.717, 1.165) is 25.3 Å². The van der Waals surface area contributed by atoms with E-state index in [1.54, 1.807) is 0 Å². The highest BCUT2D eigenvalue weighted by Crippen LogP contribution is 2.30. The molecule has 0 aromatic heterocycles. The third-order valence-corrected chi connectivity index (χ3v) is 5.16. The molecule has 5 heteroatoms. The van der Waals surface area contributed by atoms with Crippen LogP contribution < -0.4 is 16.0 Å². The number of benzene rings is 1. The van der Waals surface area contributed by atoms with Gasteiger partial charge in [0, 0.05) is 36.9 Å². The molecule has 1 aromatic rings. The molecule has 1 atom stereocenters. The lowest BCUT2D eigenvalue weighted by Gasteiger charge is -2.21. The van der Waals surface area contributed by atoms with E-state index in [1.165, 1.54) is 22.1 Å². The van der Waals surface area contributed by atoms with Crippen molar-refractivity contribution in [3.05, 3.63) is 36.0 Å². The highest BCUT2D eigenvalue weighted by molar-refractivity contribution is 8.14. The van der Waals surface area contributed by atoms with Gasteiger partial charge in [-0.3, -0.25) is 4.99 Å². The number of rotatable bonds is 6. The van der Waals surface area contributed by atoms with Crippen LogP contribution in [0.25, 0.3) is 0 Å². The number of hydrogen-bond acceptors (Lipinski definition) is 5. The second-order valence-corrected chi connectivity index (χ2v) is 6.87. The predicted molar refractivity (Wildman–Crippen MR) is 97.8 cm³/mol. The van der Waals surface area contributed by atoms with Gasteiger partial charge in [-0.05, 0) is 19.1 Å². The Hall–Kier alpha value is -1.46. The van der Waals surface area contributed by atoms with E-state index in [9.17, 15) is 0 Å². The Bertz CT molecular complexity index is 557. The average Bonchev–Trinajstić information content (AvgIpc) is 3.17. The fourth-order valence-corrected chi connectivity index (χ4v) is 3.67. The Morgan fingerprint density at radius 1 is 1.36 bits per heavy atom. The molecule has 0 fully saturated rings. The van der Waals surface area contributed by atoms with E-state index in [0.29, 0.717) is 12.1 Å². The first-order chi connectivity index (χ1) is 10.8. The molecule has 4 nitrogen and oxygen atoms in total. The standard InChI is InChI=1S/C17H24N4S/c1-3-13-11-22-16(19-13)8-9-18-10-12(2)17-20-14-6-4-5-7-15(14)21-17/h3-7,12,17-18,20-21H,8-11H2,1-2H3/b13-3-. The molecular formula is C17H24N4S. The number of nitrogens with zero attached hydrogens (tertiary/aromatic N) is 1. The van der Waals surface area contributed by atoms with Crippen LogP contribution in [0.3, 0.4) is 0 Å². The summed E-state index contributed by atoms with van der Waals surface area (Å²) in [5, 5.41) is 11.9. The maximum Gasteiger partial charge on any atom is 0.100 e. The van der Waals surface area contributed by atoms with Gasteiger partial charge in [0.25, 0.3) is 0 Å². The highest BCUT2D eigenvalue weighted by atomic mass is 32.2. The van der Waals surface area contributed by atoms with E-state index < -0.39 is 0 Å². The average molecular weight is 316 g/mol. The van der Waals surface area contributed by atoms with Crippen molar-refractivity contribution in [1.29, 1.82) is 0 Å². The van der Waals surface area contributed by atoms with Gasteiger partial charge in [-0.15, -0.1) is 11.8 Å². The molecule has 22 heavy (non-hydrogen) atoms. The maximum atomic E-state index is 4.60. The first kappa shape index (κ1) is 15.4. The number of anilines is 2. The summed E-state index contributed by atoms with van der Waals surface area (Å²) < 4.78 is 0. The molecule has 0 amide bonds. The number of fused-ring (bicyclic) bond motifs is 1. The van der Waals surface area contributed by atoms with E-state index in [4.69, 9.17) is 0 Å². The lowest BCUT2D eigenvalue weighted by molar-refractivity contribution is 0.481. The van der Waals surface area contributed by atoms with Gasteiger partial charge >= 0.3 is 0 Å². The van der Waals surface area contributed by atoms with Crippen molar-refractivity contribution < 1.29 is 0 Å². The largest absolute Gasteiger partial charge is 0.363 e. The van der Waals surface area contributed by atoms with E-state index in [2.05, 4.69) is 65.1 Å². The quantitative estimate of drug-likeness (QED) is 0.703. The zero-order valence-electron chi connectivity index (χ0n) is 13.2. The number of nitrogens with one attached hydrogen (secondary N) is 3. The van der Waals surface area contributed by atoms with Gasteiger partial charge in [-0.25, -0.2) is 0 Å². The first-order valence-electron chi connectivity index (χ1n) is 7.94. The summed E-state index contributed by atoms with van der Waals surface area (Å²) in [6.45, 7) is 6.31. The minimum absolute atomic E-state index is 0.303. The predicted octanol–water partition coefficient (Wildman–Crippen LogP) is 3.52. The summed E-state index contributed by atoms with van der Waals surface area (Å²) in [4.78, 5) is 4.60. The number of allylic oxidation sites excluding steroid dienone is 1. The molecule has 0 saturated carbocycles. The zero-order valence-corrected chi connectivity index (χ0v) is 14.0. The summed E-state index contributed by atoms with van der Waals surface area (Å²) in [6, 6.07) is 8.38. The Morgan fingerprint density at radius 3 is 2.73 bits per heavy atom. The smallest absolute Gasteiger partial charge is 0.100 e. The zero-order chi connectivity index (χ0) is 15.4. The van der Waals surface area contributed by atoms with Gasteiger partial charge in [0.15, 0.2) is 0 Å².